The van der Waals surface area contributed by atoms with E-state index in [9.17, 15) is 4.79 Å². The number of piperidine rings is 1. The van der Waals surface area contributed by atoms with Crippen LogP contribution in [-0.2, 0) is 4.79 Å². The lowest BCUT2D eigenvalue weighted by Crippen LogP contribution is -2.52. The molecule has 25 heavy (non-hydrogen) atoms. The number of likely N-dealkylation sites (tertiary alicyclic amines) is 1. The van der Waals surface area contributed by atoms with Crippen LogP contribution in [0.1, 0.15) is 44.9 Å². The average molecular weight is 363 g/mol. The van der Waals surface area contributed by atoms with Crippen molar-refractivity contribution in [1.29, 1.82) is 0 Å². The standard InChI is InChI=1S/C19H30N4OS/c24-18(22-11-13-23(14-12-22)19-20-8-15-25-19)16-6-9-21(10-7-16)17-4-2-1-3-5-17/h8,15-17H,1-7,9-14H2. The van der Waals surface area contributed by atoms with Crippen molar-refractivity contribution in [3.05, 3.63) is 11.6 Å². The van der Waals surface area contributed by atoms with Gasteiger partial charge in [0.05, 0.1) is 0 Å². The first kappa shape index (κ1) is 17.3. The summed E-state index contributed by atoms with van der Waals surface area (Å²) >= 11 is 1.69. The first-order valence-corrected chi connectivity index (χ1v) is 10.9. The summed E-state index contributed by atoms with van der Waals surface area (Å²) < 4.78 is 0. The number of hydrogen-bond donors (Lipinski definition) is 0. The Labute approximate surface area is 155 Å². The Bertz CT molecular complexity index is 542. The lowest BCUT2D eigenvalue weighted by atomic mass is 9.89. The zero-order chi connectivity index (χ0) is 17.1. The van der Waals surface area contributed by atoms with Crippen LogP contribution < -0.4 is 4.90 Å². The molecule has 1 aliphatic carbocycles. The zero-order valence-corrected chi connectivity index (χ0v) is 15.9. The van der Waals surface area contributed by atoms with Crippen molar-refractivity contribution in [3.63, 3.8) is 0 Å². The fourth-order valence-corrected chi connectivity index (χ4v) is 5.40. The fourth-order valence-electron chi connectivity index (χ4n) is 4.71. The number of rotatable bonds is 3. The van der Waals surface area contributed by atoms with E-state index >= 15 is 0 Å². The zero-order valence-electron chi connectivity index (χ0n) is 15.1. The van der Waals surface area contributed by atoms with E-state index in [4.69, 9.17) is 0 Å². The van der Waals surface area contributed by atoms with Gasteiger partial charge < -0.3 is 14.7 Å². The Morgan fingerprint density at radius 2 is 1.68 bits per heavy atom. The van der Waals surface area contributed by atoms with Crippen molar-refractivity contribution in [1.82, 2.24) is 14.8 Å². The summed E-state index contributed by atoms with van der Waals surface area (Å²) in [6.45, 7) is 5.78. The van der Waals surface area contributed by atoms with Crippen molar-refractivity contribution >= 4 is 22.4 Å². The molecule has 0 atom stereocenters. The molecule has 1 aromatic heterocycles. The molecule has 0 N–H and O–H groups in total. The topological polar surface area (TPSA) is 39.7 Å². The van der Waals surface area contributed by atoms with Gasteiger partial charge in [-0.2, -0.15) is 0 Å². The second-order valence-corrected chi connectivity index (χ2v) is 8.60. The number of carbonyl (C=O) groups excluding carboxylic acids is 1. The average Bonchev–Trinajstić information content (AvgIpc) is 3.23. The molecule has 3 fully saturated rings. The summed E-state index contributed by atoms with van der Waals surface area (Å²) in [6, 6.07) is 0.798. The molecule has 1 aromatic rings. The number of thiazole rings is 1. The molecular weight excluding hydrogens is 332 g/mol. The van der Waals surface area contributed by atoms with E-state index in [1.54, 1.807) is 11.3 Å². The number of amides is 1. The lowest BCUT2D eigenvalue weighted by molar-refractivity contribution is -0.137. The molecular formula is C19H30N4OS. The SMILES string of the molecule is O=C(C1CCN(C2CCCCC2)CC1)N1CCN(c2nccs2)CC1. The van der Waals surface area contributed by atoms with E-state index in [1.165, 1.54) is 32.1 Å². The van der Waals surface area contributed by atoms with E-state index in [1.807, 2.05) is 11.6 Å². The highest BCUT2D eigenvalue weighted by molar-refractivity contribution is 7.13. The molecule has 4 rings (SSSR count). The monoisotopic (exact) mass is 362 g/mol. The molecule has 3 heterocycles. The summed E-state index contributed by atoms with van der Waals surface area (Å²) in [5.74, 6) is 0.660. The van der Waals surface area contributed by atoms with E-state index in [0.717, 1.165) is 63.3 Å². The van der Waals surface area contributed by atoms with Crippen LogP contribution >= 0.6 is 11.3 Å². The van der Waals surface area contributed by atoms with Crippen molar-refractivity contribution in [2.75, 3.05) is 44.2 Å². The molecule has 0 aromatic carbocycles. The first-order valence-electron chi connectivity index (χ1n) is 9.98. The number of nitrogens with zero attached hydrogens (tertiary/aromatic N) is 4. The van der Waals surface area contributed by atoms with Crippen molar-refractivity contribution in [2.24, 2.45) is 5.92 Å². The van der Waals surface area contributed by atoms with Gasteiger partial charge in [0.25, 0.3) is 0 Å². The van der Waals surface area contributed by atoms with Gasteiger partial charge in [0.1, 0.15) is 0 Å². The minimum atomic E-state index is 0.256. The van der Waals surface area contributed by atoms with E-state index in [2.05, 4.69) is 19.7 Å². The molecule has 138 valence electrons. The quantitative estimate of drug-likeness (QED) is 0.829. The number of aromatic nitrogens is 1. The summed E-state index contributed by atoms with van der Waals surface area (Å²) in [6.07, 6.45) is 10.9. The van der Waals surface area contributed by atoms with Crippen molar-refractivity contribution in [3.8, 4) is 0 Å². The van der Waals surface area contributed by atoms with Gasteiger partial charge in [-0.05, 0) is 38.8 Å². The lowest BCUT2D eigenvalue weighted by Gasteiger charge is -2.41. The number of hydrogen-bond acceptors (Lipinski definition) is 5. The highest BCUT2D eigenvalue weighted by Crippen LogP contribution is 2.28. The van der Waals surface area contributed by atoms with Crippen LogP contribution in [0.25, 0.3) is 0 Å². The Morgan fingerprint density at radius 1 is 0.960 bits per heavy atom. The minimum Gasteiger partial charge on any atom is -0.345 e. The molecule has 1 amide bonds. The highest BCUT2D eigenvalue weighted by atomic mass is 32.1. The van der Waals surface area contributed by atoms with Crippen molar-refractivity contribution in [2.45, 2.75) is 51.0 Å². The van der Waals surface area contributed by atoms with Gasteiger partial charge in [-0.3, -0.25) is 4.79 Å². The second kappa shape index (κ2) is 8.04. The largest absolute Gasteiger partial charge is 0.345 e. The normalized spacial score (nSPS) is 24.6. The summed E-state index contributed by atoms with van der Waals surface area (Å²) in [7, 11) is 0. The fraction of sp³-hybridized carbons (Fsp3) is 0.789. The molecule has 0 radical (unpaired) electrons. The Hall–Kier alpha value is -1.14. The third-order valence-corrected chi connectivity index (χ3v) is 7.08. The third kappa shape index (κ3) is 4.00. The maximum absolute atomic E-state index is 12.9. The van der Waals surface area contributed by atoms with Gasteiger partial charge in [0, 0.05) is 49.7 Å². The Morgan fingerprint density at radius 3 is 2.32 bits per heavy atom. The van der Waals surface area contributed by atoms with Crippen LogP contribution in [0, 0.1) is 5.92 Å². The van der Waals surface area contributed by atoms with Crippen LogP contribution in [0.15, 0.2) is 11.6 Å². The predicted molar refractivity (Wildman–Crippen MR) is 102 cm³/mol. The van der Waals surface area contributed by atoms with Gasteiger partial charge in [0.15, 0.2) is 5.13 Å². The molecule has 0 bridgehead atoms. The highest BCUT2D eigenvalue weighted by Gasteiger charge is 2.32. The van der Waals surface area contributed by atoms with Gasteiger partial charge in [-0.15, -0.1) is 11.3 Å². The van der Waals surface area contributed by atoms with E-state index in [0.29, 0.717) is 5.91 Å². The molecule has 2 aliphatic heterocycles. The summed E-state index contributed by atoms with van der Waals surface area (Å²) in [4.78, 5) is 24.4. The molecule has 0 unspecified atom stereocenters. The molecule has 0 spiro atoms. The van der Waals surface area contributed by atoms with E-state index in [-0.39, 0.29) is 5.92 Å². The smallest absolute Gasteiger partial charge is 0.225 e. The van der Waals surface area contributed by atoms with Gasteiger partial charge in [-0.1, -0.05) is 19.3 Å². The van der Waals surface area contributed by atoms with Gasteiger partial charge >= 0.3 is 0 Å². The third-order valence-electron chi connectivity index (χ3n) is 6.25. The summed E-state index contributed by atoms with van der Waals surface area (Å²) in [5, 5.41) is 3.11. The summed E-state index contributed by atoms with van der Waals surface area (Å²) in [5.41, 5.74) is 0. The molecule has 1 saturated carbocycles. The van der Waals surface area contributed by atoms with Crippen LogP contribution in [0.2, 0.25) is 0 Å². The second-order valence-electron chi connectivity index (χ2n) is 7.73. The van der Waals surface area contributed by atoms with Gasteiger partial charge in [-0.25, -0.2) is 4.98 Å². The van der Waals surface area contributed by atoms with Crippen LogP contribution in [-0.4, -0.2) is 66.0 Å². The number of anilines is 1. The maximum atomic E-state index is 12.9. The van der Waals surface area contributed by atoms with E-state index < -0.39 is 0 Å². The molecule has 3 aliphatic rings. The maximum Gasteiger partial charge on any atom is 0.225 e. The minimum absolute atomic E-state index is 0.256. The predicted octanol–water partition coefficient (Wildman–Crippen LogP) is 2.84. The molecule has 6 heteroatoms. The first-order chi connectivity index (χ1) is 12.3. The Kier molecular flexibility index (Phi) is 5.56. The molecule has 2 saturated heterocycles. The van der Waals surface area contributed by atoms with Crippen LogP contribution in [0.3, 0.4) is 0 Å². The van der Waals surface area contributed by atoms with Crippen molar-refractivity contribution < 1.29 is 4.79 Å². The van der Waals surface area contributed by atoms with Crippen LogP contribution in [0.5, 0.6) is 0 Å². The number of piperazine rings is 1. The van der Waals surface area contributed by atoms with Gasteiger partial charge in [0.2, 0.25) is 5.91 Å². The Balaban J connectivity index is 1.24. The van der Waals surface area contributed by atoms with Crippen LogP contribution in [0.4, 0.5) is 5.13 Å². The molecule has 5 nitrogen and oxygen atoms in total. The number of carbonyl (C=O) groups is 1.